The monoisotopic (exact) mass is 364 g/mol. The van der Waals surface area contributed by atoms with E-state index < -0.39 is 21.3 Å². The first-order chi connectivity index (χ1) is 11.4. The van der Waals surface area contributed by atoms with Crippen molar-refractivity contribution in [2.45, 2.75) is 103 Å². The first-order valence-electron chi connectivity index (χ1n) is 9.56. The molecule has 6 heteroatoms. The van der Waals surface area contributed by atoms with Crippen molar-refractivity contribution in [2.75, 3.05) is 6.61 Å². The number of hydrogen-bond donors (Lipinski definition) is 1. The van der Waals surface area contributed by atoms with Crippen molar-refractivity contribution in [1.82, 2.24) is 0 Å². The quantitative estimate of drug-likeness (QED) is 0.239. The van der Waals surface area contributed by atoms with Crippen LogP contribution in [-0.4, -0.2) is 30.8 Å². The molecule has 0 spiro atoms. The summed E-state index contributed by atoms with van der Waals surface area (Å²) >= 11 is 0. The fourth-order valence-electron chi connectivity index (χ4n) is 2.65. The highest BCUT2D eigenvalue weighted by Gasteiger charge is 2.31. The Kier molecular flexibility index (Phi) is 14.3. The topological polar surface area (TPSA) is 80.7 Å². The van der Waals surface area contributed by atoms with Gasteiger partial charge in [0.2, 0.25) is 0 Å². The highest BCUT2D eigenvalue weighted by molar-refractivity contribution is 7.87. The summed E-state index contributed by atoms with van der Waals surface area (Å²) in [6, 6.07) is 0. The molecular weight excluding hydrogens is 328 g/mol. The molecular formula is C18H36O5S. The molecule has 0 rings (SSSR count). The van der Waals surface area contributed by atoms with Crippen molar-refractivity contribution in [3.63, 3.8) is 0 Å². The van der Waals surface area contributed by atoms with Crippen LogP contribution in [-0.2, 0) is 19.6 Å². The largest absolute Gasteiger partial charge is 0.465 e. The molecule has 144 valence electrons. The van der Waals surface area contributed by atoms with Gasteiger partial charge in [-0.15, -0.1) is 0 Å². The first kappa shape index (κ1) is 23.4. The molecule has 1 unspecified atom stereocenters. The van der Waals surface area contributed by atoms with Gasteiger partial charge < -0.3 is 4.74 Å². The van der Waals surface area contributed by atoms with Crippen LogP contribution in [0.5, 0.6) is 0 Å². The van der Waals surface area contributed by atoms with Crippen molar-refractivity contribution in [1.29, 1.82) is 0 Å². The predicted molar refractivity (Wildman–Crippen MR) is 97.7 cm³/mol. The van der Waals surface area contributed by atoms with Crippen LogP contribution in [0, 0.1) is 0 Å². The molecule has 0 bridgehead atoms. The van der Waals surface area contributed by atoms with Gasteiger partial charge >= 0.3 is 5.97 Å². The number of hydrogen-bond acceptors (Lipinski definition) is 4. The Balaban J connectivity index is 4.01. The third kappa shape index (κ3) is 12.8. The van der Waals surface area contributed by atoms with Gasteiger partial charge in [-0.2, -0.15) is 8.42 Å². The van der Waals surface area contributed by atoms with E-state index in [1.807, 2.05) is 0 Å². The maximum absolute atomic E-state index is 11.9. The second-order valence-corrected chi connectivity index (χ2v) is 8.09. The SMILES string of the molecule is CCCCCCCCOC(=O)C(CCCCCCCC)S(=O)(=O)O. The zero-order valence-corrected chi connectivity index (χ0v) is 16.3. The van der Waals surface area contributed by atoms with Crippen LogP contribution in [0.4, 0.5) is 0 Å². The van der Waals surface area contributed by atoms with Gasteiger partial charge in [0.1, 0.15) is 0 Å². The lowest BCUT2D eigenvalue weighted by Crippen LogP contribution is -2.32. The van der Waals surface area contributed by atoms with Crippen LogP contribution in [0.15, 0.2) is 0 Å². The van der Waals surface area contributed by atoms with E-state index in [2.05, 4.69) is 13.8 Å². The van der Waals surface area contributed by atoms with E-state index in [0.29, 0.717) is 6.42 Å². The van der Waals surface area contributed by atoms with Crippen molar-refractivity contribution >= 4 is 16.1 Å². The van der Waals surface area contributed by atoms with Gasteiger partial charge in [-0.1, -0.05) is 84.5 Å². The minimum atomic E-state index is -4.39. The molecule has 0 aliphatic rings. The number of carbonyl (C=O) groups excluding carboxylic acids is 1. The lowest BCUT2D eigenvalue weighted by molar-refractivity contribution is -0.143. The average molecular weight is 365 g/mol. The van der Waals surface area contributed by atoms with Gasteiger partial charge in [0, 0.05) is 0 Å². The zero-order valence-electron chi connectivity index (χ0n) is 15.5. The molecule has 0 fully saturated rings. The van der Waals surface area contributed by atoms with Crippen molar-refractivity contribution in [3.8, 4) is 0 Å². The lowest BCUT2D eigenvalue weighted by Gasteiger charge is -2.13. The summed E-state index contributed by atoms with van der Waals surface area (Å²) in [4.78, 5) is 11.9. The van der Waals surface area contributed by atoms with Crippen LogP contribution in [0.2, 0.25) is 0 Å². The van der Waals surface area contributed by atoms with Crippen LogP contribution < -0.4 is 0 Å². The van der Waals surface area contributed by atoms with E-state index in [9.17, 15) is 17.8 Å². The van der Waals surface area contributed by atoms with E-state index >= 15 is 0 Å². The number of unbranched alkanes of at least 4 members (excludes halogenated alkanes) is 10. The summed E-state index contributed by atoms with van der Waals surface area (Å²) < 4.78 is 37.1. The molecule has 24 heavy (non-hydrogen) atoms. The molecule has 0 heterocycles. The zero-order chi connectivity index (χ0) is 18.3. The van der Waals surface area contributed by atoms with E-state index in [4.69, 9.17) is 4.74 Å². The molecule has 0 aromatic carbocycles. The van der Waals surface area contributed by atoms with Gasteiger partial charge in [-0.3, -0.25) is 9.35 Å². The second-order valence-electron chi connectivity index (χ2n) is 6.50. The smallest absolute Gasteiger partial charge is 0.326 e. The molecule has 0 aliphatic heterocycles. The standard InChI is InChI=1S/C18H36O5S/c1-3-5-7-9-11-13-15-17(24(20,21)22)18(19)23-16-14-12-10-8-6-4-2/h17H,3-16H2,1-2H3,(H,20,21,22). The maximum atomic E-state index is 11.9. The van der Waals surface area contributed by atoms with E-state index in [0.717, 1.165) is 44.9 Å². The van der Waals surface area contributed by atoms with Gasteiger partial charge in [-0.25, -0.2) is 0 Å². The van der Waals surface area contributed by atoms with Crippen LogP contribution in [0.3, 0.4) is 0 Å². The third-order valence-electron chi connectivity index (χ3n) is 4.18. The van der Waals surface area contributed by atoms with E-state index in [-0.39, 0.29) is 13.0 Å². The molecule has 0 aromatic rings. The van der Waals surface area contributed by atoms with Gasteiger partial charge in [0.05, 0.1) is 6.61 Å². The number of rotatable bonds is 16. The molecule has 5 nitrogen and oxygen atoms in total. The maximum Gasteiger partial charge on any atom is 0.326 e. The Labute approximate surface area is 148 Å². The second kappa shape index (κ2) is 14.7. The Bertz CT molecular complexity index is 406. The summed E-state index contributed by atoms with van der Waals surface area (Å²) in [6.07, 6.45) is 12.5. The molecule has 0 saturated carbocycles. The van der Waals surface area contributed by atoms with E-state index in [1.54, 1.807) is 0 Å². The molecule has 1 atom stereocenters. The van der Waals surface area contributed by atoms with Crippen LogP contribution >= 0.6 is 0 Å². The third-order valence-corrected chi connectivity index (χ3v) is 5.33. The minimum Gasteiger partial charge on any atom is -0.465 e. The van der Waals surface area contributed by atoms with E-state index in [1.165, 1.54) is 25.7 Å². The molecule has 1 N–H and O–H groups in total. The van der Waals surface area contributed by atoms with Crippen molar-refractivity contribution in [3.05, 3.63) is 0 Å². The molecule has 0 saturated heterocycles. The Morgan fingerprint density at radius 3 is 1.79 bits per heavy atom. The normalized spacial score (nSPS) is 13.0. The minimum absolute atomic E-state index is 0.139. The first-order valence-corrected chi connectivity index (χ1v) is 11.1. The average Bonchev–Trinajstić information content (AvgIpc) is 2.52. The Hall–Kier alpha value is -0.620. The Morgan fingerprint density at radius 2 is 1.29 bits per heavy atom. The summed E-state index contributed by atoms with van der Waals surface area (Å²) in [7, 11) is -4.39. The fourth-order valence-corrected chi connectivity index (χ4v) is 3.42. The highest BCUT2D eigenvalue weighted by Crippen LogP contribution is 2.15. The van der Waals surface area contributed by atoms with Gasteiger partial charge in [-0.05, 0) is 12.8 Å². The molecule has 0 radical (unpaired) electrons. The van der Waals surface area contributed by atoms with Crippen LogP contribution in [0.25, 0.3) is 0 Å². The highest BCUT2D eigenvalue weighted by atomic mass is 32.2. The summed E-state index contributed by atoms with van der Waals surface area (Å²) in [6.45, 7) is 4.52. The number of ether oxygens (including phenoxy) is 1. The van der Waals surface area contributed by atoms with Gasteiger partial charge in [0.25, 0.3) is 10.1 Å². The fraction of sp³-hybridized carbons (Fsp3) is 0.944. The van der Waals surface area contributed by atoms with Crippen LogP contribution in [0.1, 0.15) is 97.3 Å². The molecule has 0 aromatic heterocycles. The number of esters is 1. The molecule has 0 aliphatic carbocycles. The summed E-state index contributed by atoms with van der Waals surface area (Å²) in [5.74, 6) is -0.806. The Morgan fingerprint density at radius 1 is 0.833 bits per heavy atom. The summed E-state index contributed by atoms with van der Waals surface area (Å²) in [5.41, 5.74) is 0. The lowest BCUT2D eigenvalue weighted by atomic mass is 10.1. The summed E-state index contributed by atoms with van der Waals surface area (Å²) in [5, 5.41) is -1.43. The van der Waals surface area contributed by atoms with Crippen molar-refractivity contribution in [2.24, 2.45) is 0 Å². The number of carbonyl (C=O) groups is 1. The predicted octanol–water partition coefficient (Wildman–Crippen LogP) is 4.90. The van der Waals surface area contributed by atoms with Crippen molar-refractivity contribution < 1.29 is 22.5 Å². The molecule has 0 amide bonds. The van der Waals surface area contributed by atoms with Gasteiger partial charge in [0.15, 0.2) is 5.25 Å².